The fourth-order valence-electron chi connectivity index (χ4n) is 4.33. The number of piperidine rings is 1. The van der Waals surface area contributed by atoms with Crippen molar-refractivity contribution in [1.29, 1.82) is 0 Å². The van der Waals surface area contributed by atoms with E-state index < -0.39 is 0 Å². The average molecular weight is 330 g/mol. The molecule has 0 amide bonds. The van der Waals surface area contributed by atoms with Crippen molar-refractivity contribution in [2.75, 3.05) is 39.5 Å². The van der Waals surface area contributed by atoms with Crippen LogP contribution in [0.5, 0.6) is 0 Å². The van der Waals surface area contributed by atoms with Crippen LogP contribution in [0.3, 0.4) is 0 Å². The van der Waals surface area contributed by atoms with Crippen LogP contribution in [0.4, 0.5) is 0 Å². The highest BCUT2D eigenvalue weighted by atomic mass is 16.5. The van der Waals surface area contributed by atoms with Crippen molar-refractivity contribution >= 4 is 0 Å². The van der Waals surface area contributed by atoms with E-state index in [-0.39, 0.29) is 0 Å². The first-order valence-corrected chi connectivity index (χ1v) is 9.61. The molecule has 2 saturated heterocycles. The van der Waals surface area contributed by atoms with Crippen LogP contribution in [0.25, 0.3) is 0 Å². The number of aromatic nitrogens is 1. The molecule has 3 fully saturated rings. The third-order valence-corrected chi connectivity index (χ3v) is 6.31. The standard InChI is InChI=1S/C20H30N2O2/c1-2-18(1)14-24-16-19-15-23-12-7-20(19)5-10-22(11-6-20)13-17-3-8-21-9-4-17/h3-4,8-9,18-19H,1-2,5-7,10-16H2/t19-/m0/s1. The van der Waals surface area contributed by atoms with Crippen molar-refractivity contribution in [3.05, 3.63) is 30.1 Å². The number of hydrogen-bond donors (Lipinski definition) is 0. The van der Waals surface area contributed by atoms with Gasteiger partial charge >= 0.3 is 0 Å². The lowest BCUT2D eigenvalue weighted by molar-refractivity contribution is -0.101. The van der Waals surface area contributed by atoms with Crippen molar-refractivity contribution < 1.29 is 9.47 Å². The molecule has 4 rings (SSSR count). The molecule has 24 heavy (non-hydrogen) atoms. The average Bonchev–Trinajstić information content (AvgIpc) is 3.44. The van der Waals surface area contributed by atoms with Gasteiger partial charge in [-0.1, -0.05) is 0 Å². The number of pyridine rings is 1. The van der Waals surface area contributed by atoms with E-state index in [1.165, 1.54) is 50.8 Å². The molecule has 4 heteroatoms. The van der Waals surface area contributed by atoms with Gasteiger partial charge in [0, 0.05) is 38.1 Å². The third kappa shape index (κ3) is 3.98. The Morgan fingerprint density at radius 1 is 1.12 bits per heavy atom. The first kappa shape index (κ1) is 16.5. The van der Waals surface area contributed by atoms with Gasteiger partial charge in [-0.25, -0.2) is 0 Å². The molecule has 1 aromatic heterocycles. The van der Waals surface area contributed by atoms with Crippen LogP contribution >= 0.6 is 0 Å². The second-order valence-corrected chi connectivity index (χ2v) is 8.00. The van der Waals surface area contributed by atoms with Crippen molar-refractivity contribution in [1.82, 2.24) is 9.88 Å². The van der Waals surface area contributed by atoms with Crippen molar-refractivity contribution in [2.24, 2.45) is 17.3 Å². The fraction of sp³-hybridized carbons (Fsp3) is 0.750. The van der Waals surface area contributed by atoms with Crippen LogP contribution < -0.4 is 0 Å². The first-order chi connectivity index (χ1) is 11.8. The number of hydrogen-bond acceptors (Lipinski definition) is 4. The van der Waals surface area contributed by atoms with Gasteiger partial charge in [-0.3, -0.25) is 9.88 Å². The molecular formula is C20H30N2O2. The normalized spacial score (nSPS) is 27.4. The molecule has 0 unspecified atom stereocenters. The summed E-state index contributed by atoms with van der Waals surface area (Å²) in [6.45, 7) is 7.15. The van der Waals surface area contributed by atoms with Gasteiger partial charge < -0.3 is 9.47 Å². The van der Waals surface area contributed by atoms with E-state index in [2.05, 4.69) is 22.0 Å². The molecule has 1 saturated carbocycles. The summed E-state index contributed by atoms with van der Waals surface area (Å²) in [5.41, 5.74) is 1.83. The van der Waals surface area contributed by atoms with E-state index in [1.54, 1.807) is 0 Å². The van der Waals surface area contributed by atoms with Gasteiger partial charge in [0.1, 0.15) is 0 Å². The summed E-state index contributed by atoms with van der Waals surface area (Å²) in [6, 6.07) is 4.26. The molecule has 4 nitrogen and oxygen atoms in total. The maximum absolute atomic E-state index is 6.05. The minimum absolute atomic E-state index is 0.455. The van der Waals surface area contributed by atoms with Gasteiger partial charge in [0.15, 0.2) is 0 Å². The van der Waals surface area contributed by atoms with Crippen LogP contribution in [0, 0.1) is 17.3 Å². The topological polar surface area (TPSA) is 34.6 Å². The zero-order chi connectivity index (χ0) is 16.2. The van der Waals surface area contributed by atoms with Crippen LogP contribution in [0.1, 0.15) is 37.7 Å². The van der Waals surface area contributed by atoms with E-state index >= 15 is 0 Å². The van der Waals surface area contributed by atoms with Crippen molar-refractivity contribution in [3.8, 4) is 0 Å². The fourth-order valence-corrected chi connectivity index (χ4v) is 4.33. The van der Waals surface area contributed by atoms with Crippen LogP contribution in [-0.4, -0.2) is 49.4 Å². The van der Waals surface area contributed by atoms with Crippen molar-refractivity contribution in [3.63, 3.8) is 0 Å². The second-order valence-electron chi connectivity index (χ2n) is 8.00. The number of rotatable bonds is 6. The second kappa shape index (κ2) is 7.51. The predicted octanol–water partition coefficient (Wildman–Crippen LogP) is 3.13. The summed E-state index contributed by atoms with van der Waals surface area (Å²) in [4.78, 5) is 6.71. The monoisotopic (exact) mass is 330 g/mol. The van der Waals surface area contributed by atoms with E-state index in [0.29, 0.717) is 11.3 Å². The molecule has 3 aliphatic rings. The zero-order valence-corrected chi connectivity index (χ0v) is 14.7. The highest BCUT2D eigenvalue weighted by molar-refractivity contribution is 5.09. The molecule has 1 aliphatic carbocycles. The van der Waals surface area contributed by atoms with E-state index in [4.69, 9.17) is 9.47 Å². The highest BCUT2D eigenvalue weighted by Gasteiger charge is 2.43. The van der Waals surface area contributed by atoms with Gasteiger partial charge in [-0.2, -0.15) is 0 Å². The molecule has 0 bridgehead atoms. The zero-order valence-electron chi connectivity index (χ0n) is 14.7. The quantitative estimate of drug-likeness (QED) is 0.803. The van der Waals surface area contributed by atoms with Gasteiger partial charge in [-0.05, 0) is 74.2 Å². The summed E-state index contributed by atoms with van der Waals surface area (Å²) < 4.78 is 11.9. The maximum atomic E-state index is 6.05. The minimum Gasteiger partial charge on any atom is -0.381 e. The lowest BCUT2D eigenvalue weighted by atomic mass is 9.66. The van der Waals surface area contributed by atoms with E-state index in [9.17, 15) is 0 Å². The van der Waals surface area contributed by atoms with Gasteiger partial charge in [-0.15, -0.1) is 0 Å². The third-order valence-electron chi connectivity index (χ3n) is 6.31. The molecule has 1 spiro atoms. The molecule has 3 heterocycles. The highest BCUT2D eigenvalue weighted by Crippen LogP contribution is 2.45. The minimum atomic E-state index is 0.455. The predicted molar refractivity (Wildman–Crippen MR) is 93.7 cm³/mol. The Kier molecular flexibility index (Phi) is 5.16. The molecule has 1 aromatic rings. The summed E-state index contributed by atoms with van der Waals surface area (Å²) >= 11 is 0. The number of ether oxygens (including phenoxy) is 2. The summed E-state index contributed by atoms with van der Waals surface area (Å²) in [6.07, 6.45) is 10.3. The Hall–Kier alpha value is -0.970. The van der Waals surface area contributed by atoms with Gasteiger partial charge in [0.2, 0.25) is 0 Å². The molecular weight excluding hydrogens is 300 g/mol. The van der Waals surface area contributed by atoms with Gasteiger partial charge in [0.05, 0.1) is 13.2 Å². The Morgan fingerprint density at radius 2 is 1.92 bits per heavy atom. The summed E-state index contributed by atoms with van der Waals surface area (Å²) in [5.74, 6) is 1.45. The van der Waals surface area contributed by atoms with Crippen LogP contribution in [-0.2, 0) is 16.0 Å². The van der Waals surface area contributed by atoms with Crippen molar-refractivity contribution in [2.45, 2.75) is 38.6 Å². The molecule has 0 N–H and O–H groups in total. The SMILES string of the molecule is c1cc(CN2CCC3(CCOC[C@H]3COCC3CC3)CC2)ccn1. The van der Waals surface area contributed by atoms with Crippen LogP contribution in [0.2, 0.25) is 0 Å². The number of likely N-dealkylation sites (tertiary alicyclic amines) is 1. The summed E-state index contributed by atoms with van der Waals surface area (Å²) in [5, 5.41) is 0. The lowest BCUT2D eigenvalue weighted by Crippen LogP contribution is -2.49. The largest absolute Gasteiger partial charge is 0.381 e. The smallest absolute Gasteiger partial charge is 0.0521 e. The van der Waals surface area contributed by atoms with E-state index in [1.807, 2.05) is 12.4 Å². The van der Waals surface area contributed by atoms with Gasteiger partial charge in [0.25, 0.3) is 0 Å². The Bertz CT molecular complexity index is 510. The van der Waals surface area contributed by atoms with E-state index in [0.717, 1.165) is 38.9 Å². The Balaban J connectivity index is 1.30. The van der Waals surface area contributed by atoms with Crippen LogP contribution in [0.15, 0.2) is 24.5 Å². The number of nitrogens with zero attached hydrogens (tertiary/aromatic N) is 2. The molecule has 0 radical (unpaired) electrons. The first-order valence-electron chi connectivity index (χ1n) is 9.61. The lowest BCUT2D eigenvalue weighted by Gasteiger charge is -2.49. The summed E-state index contributed by atoms with van der Waals surface area (Å²) in [7, 11) is 0. The maximum Gasteiger partial charge on any atom is 0.0521 e. The molecule has 2 aliphatic heterocycles. The molecule has 1 atom stereocenters. The molecule has 132 valence electrons. The Morgan fingerprint density at radius 3 is 2.67 bits per heavy atom. The molecule has 0 aromatic carbocycles. The Labute approximate surface area is 145 Å².